The van der Waals surface area contributed by atoms with Crippen LogP contribution in [0, 0.1) is 0 Å². The van der Waals surface area contributed by atoms with Gasteiger partial charge in [0.15, 0.2) is 0 Å². The van der Waals surface area contributed by atoms with Gasteiger partial charge in [-0.05, 0) is 0 Å². The van der Waals surface area contributed by atoms with Crippen LogP contribution < -0.4 is 0 Å². The molecule has 0 bridgehead atoms. The van der Waals surface area contributed by atoms with Gasteiger partial charge < -0.3 is 0 Å². The van der Waals surface area contributed by atoms with Crippen molar-refractivity contribution in [3.8, 4) is 0 Å². The Balaban J connectivity index is 2.40. The molecule has 0 aliphatic heterocycles. The zero-order valence-corrected chi connectivity index (χ0v) is 10.4. The van der Waals surface area contributed by atoms with Crippen LogP contribution in [0.3, 0.4) is 0 Å². The summed E-state index contributed by atoms with van der Waals surface area (Å²) < 4.78 is 1.31. The van der Waals surface area contributed by atoms with Gasteiger partial charge in [-0.3, -0.25) is 0 Å². The van der Waals surface area contributed by atoms with Crippen molar-refractivity contribution in [3.05, 3.63) is 35.9 Å². The van der Waals surface area contributed by atoms with Crippen LogP contribution >= 0.6 is 11.8 Å². The van der Waals surface area contributed by atoms with E-state index >= 15 is 0 Å². The summed E-state index contributed by atoms with van der Waals surface area (Å²) in [5.74, 6) is 1.22. The summed E-state index contributed by atoms with van der Waals surface area (Å²) in [7, 11) is 0. The molecule has 0 radical (unpaired) electrons. The van der Waals surface area contributed by atoms with Crippen molar-refractivity contribution in [2.24, 2.45) is 0 Å². The molecule has 0 atom stereocenters. The summed E-state index contributed by atoms with van der Waals surface area (Å²) >= 11 is 5.05. The van der Waals surface area contributed by atoms with Gasteiger partial charge in [-0.2, -0.15) is 0 Å². The van der Waals surface area contributed by atoms with Gasteiger partial charge in [-0.15, -0.1) is 0 Å². The predicted molar refractivity (Wildman–Crippen MR) is 63.7 cm³/mol. The number of rotatable bonds is 5. The molecule has 0 aromatic heterocycles. The Morgan fingerprint density at radius 1 is 1.31 bits per heavy atom. The molecule has 0 heterocycles. The number of thioether (sulfide) groups is 1. The van der Waals surface area contributed by atoms with Crippen molar-refractivity contribution in [1.82, 2.24) is 0 Å². The molecule has 0 unspecified atom stereocenters. The monoisotopic (exact) mass is 258 g/mol. The Morgan fingerprint density at radius 3 is 2.62 bits per heavy atom. The van der Waals surface area contributed by atoms with Gasteiger partial charge in [0.05, 0.1) is 0 Å². The maximum absolute atomic E-state index is 3.13. The zero-order valence-electron chi connectivity index (χ0n) is 7.82. The SMILES string of the molecule is CCCCSC(=[Se])c1ccccc1. The van der Waals surface area contributed by atoms with Gasteiger partial charge in [0.25, 0.3) is 0 Å². The number of unbranched alkanes of at least 4 members (excludes halogenated alkanes) is 1. The van der Waals surface area contributed by atoms with Crippen molar-refractivity contribution >= 4 is 31.1 Å². The van der Waals surface area contributed by atoms with E-state index in [9.17, 15) is 0 Å². The molecule has 0 spiro atoms. The number of benzene rings is 1. The second-order valence-electron chi connectivity index (χ2n) is 2.86. The van der Waals surface area contributed by atoms with Crippen LogP contribution in [0.4, 0.5) is 0 Å². The number of hydrogen-bond donors (Lipinski definition) is 0. The van der Waals surface area contributed by atoms with Gasteiger partial charge in [-0.25, -0.2) is 0 Å². The van der Waals surface area contributed by atoms with E-state index in [-0.39, 0.29) is 0 Å². The van der Waals surface area contributed by atoms with E-state index in [2.05, 4.69) is 46.8 Å². The minimum atomic E-state index is 1.22. The Labute approximate surface area is 92.5 Å². The van der Waals surface area contributed by atoms with E-state index in [1.807, 2.05) is 17.8 Å². The average molecular weight is 257 g/mol. The molecule has 0 aliphatic carbocycles. The summed E-state index contributed by atoms with van der Waals surface area (Å²) in [6, 6.07) is 10.5. The molecule has 2 heteroatoms. The molecular formula is C11H14SSe. The summed E-state index contributed by atoms with van der Waals surface area (Å²) in [6.07, 6.45) is 2.57. The first kappa shape index (κ1) is 11.0. The molecule has 1 rings (SSSR count). The van der Waals surface area contributed by atoms with Gasteiger partial charge in [0.1, 0.15) is 0 Å². The molecule has 0 nitrogen and oxygen atoms in total. The summed E-state index contributed by atoms with van der Waals surface area (Å²) in [6.45, 7) is 2.22. The Bertz CT molecular complexity index is 256. The normalized spacial score (nSPS) is 9.92. The predicted octanol–water partition coefficient (Wildman–Crippen LogP) is 2.87. The van der Waals surface area contributed by atoms with E-state index < -0.39 is 0 Å². The Morgan fingerprint density at radius 2 is 2.00 bits per heavy atom. The molecule has 1 aromatic rings. The van der Waals surface area contributed by atoms with E-state index in [1.54, 1.807) is 0 Å². The van der Waals surface area contributed by atoms with E-state index in [0.29, 0.717) is 0 Å². The van der Waals surface area contributed by atoms with Crippen molar-refractivity contribution in [2.75, 3.05) is 5.75 Å². The molecule has 0 amide bonds. The third-order valence-electron chi connectivity index (χ3n) is 1.74. The van der Waals surface area contributed by atoms with Gasteiger partial charge >= 0.3 is 92.5 Å². The zero-order chi connectivity index (χ0) is 9.52. The fraction of sp³-hybridized carbons (Fsp3) is 0.364. The van der Waals surface area contributed by atoms with E-state index in [4.69, 9.17) is 0 Å². The second kappa shape index (κ2) is 6.42. The van der Waals surface area contributed by atoms with Crippen LogP contribution in [0.5, 0.6) is 0 Å². The van der Waals surface area contributed by atoms with Crippen molar-refractivity contribution < 1.29 is 0 Å². The fourth-order valence-corrected chi connectivity index (χ4v) is 2.70. The molecule has 70 valence electrons. The molecule has 0 saturated carbocycles. The van der Waals surface area contributed by atoms with Crippen LogP contribution in [0.15, 0.2) is 30.3 Å². The quantitative estimate of drug-likeness (QED) is 0.577. The standard InChI is InChI=1S/C11H14SSe/c1-2-3-9-12-11(13)10-7-5-4-6-8-10/h4-8H,2-3,9H2,1H3. The number of hydrogen-bond acceptors (Lipinski definition) is 1. The van der Waals surface area contributed by atoms with Gasteiger partial charge in [0, 0.05) is 0 Å². The van der Waals surface area contributed by atoms with Crippen LogP contribution in [0.25, 0.3) is 0 Å². The van der Waals surface area contributed by atoms with Gasteiger partial charge in [0.2, 0.25) is 0 Å². The van der Waals surface area contributed by atoms with Crippen LogP contribution in [-0.4, -0.2) is 25.1 Å². The molecule has 0 saturated heterocycles. The van der Waals surface area contributed by atoms with Crippen LogP contribution in [0.1, 0.15) is 25.3 Å². The first-order valence-corrected chi connectivity index (χ1v) is 6.41. The summed E-state index contributed by atoms with van der Waals surface area (Å²) in [5, 5.41) is 0. The van der Waals surface area contributed by atoms with Crippen molar-refractivity contribution in [2.45, 2.75) is 19.8 Å². The molecule has 0 aliphatic rings. The average Bonchev–Trinajstić information content (AvgIpc) is 2.19. The summed E-state index contributed by atoms with van der Waals surface area (Å²) in [5.41, 5.74) is 1.31. The molecule has 0 fully saturated rings. The third-order valence-corrected chi connectivity index (χ3v) is 3.97. The molecule has 0 N–H and O–H groups in total. The van der Waals surface area contributed by atoms with Crippen LogP contribution in [-0.2, 0) is 0 Å². The van der Waals surface area contributed by atoms with E-state index in [1.165, 1.54) is 27.9 Å². The van der Waals surface area contributed by atoms with Gasteiger partial charge in [-0.1, -0.05) is 0 Å². The van der Waals surface area contributed by atoms with Crippen LogP contribution in [0.2, 0.25) is 0 Å². The Hall–Kier alpha value is -0.0405. The topological polar surface area (TPSA) is 0 Å². The third kappa shape index (κ3) is 4.12. The molecule has 1 aromatic carbocycles. The maximum atomic E-state index is 3.13. The fourth-order valence-electron chi connectivity index (χ4n) is 0.967. The van der Waals surface area contributed by atoms with Crippen molar-refractivity contribution in [1.29, 1.82) is 0 Å². The Kier molecular flexibility index (Phi) is 5.45. The first-order valence-electron chi connectivity index (χ1n) is 4.56. The molecule has 13 heavy (non-hydrogen) atoms. The van der Waals surface area contributed by atoms with Crippen molar-refractivity contribution in [3.63, 3.8) is 0 Å². The summed E-state index contributed by atoms with van der Waals surface area (Å²) in [4.78, 5) is 0. The minimum absolute atomic E-state index is 1.22. The molecular weight excluding hydrogens is 243 g/mol. The van der Waals surface area contributed by atoms with E-state index in [0.717, 1.165) is 0 Å². The second-order valence-corrected chi connectivity index (χ2v) is 5.40. The first-order chi connectivity index (χ1) is 6.34.